The lowest BCUT2D eigenvalue weighted by Gasteiger charge is -2.18. The first-order valence-electron chi connectivity index (χ1n) is 17.6. The number of fused-ring (bicyclic) bond motifs is 10. The Morgan fingerprint density at radius 2 is 0.827 bits per heavy atom. The molecule has 0 atom stereocenters. The average molecular weight is 681 g/mol. The van der Waals surface area contributed by atoms with Crippen molar-refractivity contribution >= 4 is 22.8 Å². The third kappa shape index (κ3) is 5.17. The lowest BCUT2D eigenvalue weighted by molar-refractivity contribution is 1.10. The number of imidazole rings is 1. The number of rotatable bonds is 3. The fraction of sp³-hybridized carbons (Fsp3) is 0. The SMILES string of the molecule is c1ccc(-c2nc3ccccc3n2-c2ccc(-c3ccc4c(c3)-c3ccccc3Sc3ccccc3-c3ccccc3-c3ccccc3-4)cc2)cc1. The van der Waals surface area contributed by atoms with Gasteiger partial charge in [-0.25, -0.2) is 4.98 Å². The molecule has 0 radical (unpaired) electrons. The van der Waals surface area contributed by atoms with Gasteiger partial charge in [-0.05, 0) is 98.1 Å². The summed E-state index contributed by atoms with van der Waals surface area (Å²) in [5.74, 6) is 0.939. The minimum atomic E-state index is 0.939. The van der Waals surface area contributed by atoms with Gasteiger partial charge in [0.25, 0.3) is 0 Å². The first kappa shape index (κ1) is 30.4. The van der Waals surface area contributed by atoms with Crippen molar-refractivity contribution in [3.05, 3.63) is 194 Å². The van der Waals surface area contributed by atoms with E-state index in [1.54, 1.807) is 0 Å². The summed E-state index contributed by atoms with van der Waals surface area (Å²) >= 11 is 1.85. The van der Waals surface area contributed by atoms with Crippen LogP contribution in [0.15, 0.2) is 204 Å². The van der Waals surface area contributed by atoms with E-state index in [0.717, 1.165) is 28.1 Å². The van der Waals surface area contributed by atoms with Gasteiger partial charge in [0.1, 0.15) is 5.82 Å². The Bertz CT molecular complexity index is 2760. The van der Waals surface area contributed by atoms with Crippen LogP contribution in [0.5, 0.6) is 0 Å². The maximum Gasteiger partial charge on any atom is 0.145 e. The second-order valence-corrected chi connectivity index (χ2v) is 14.2. The van der Waals surface area contributed by atoms with Crippen molar-refractivity contribution in [3.63, 3.8) is 0 Å². The summed E-state index contributed by atoms with van der Waals surface area (Å²) in [4.78, 5) is 7.54. The van der Waals surface area contributed by atoms with Crippen LogP contribution in [0.3, 0.4) is 0 Å². The molecule has 0 spiro atoms. The molecule has 0 aliphatic carbocycles. The van der Waals surface area contributed by atoms with Crippen LogP contribution in [0.2, 0.25) is 0 Å². The summed E-state index contributed by atoms with van der Waals surface area (Å²) < 4.78 is 2.27. The van der Waals surface area contributed by atoms with Crippen molar-refractivity contribution in [1.82, 2.24) is 9.55 Å². The zero-order valence-electron chi connectivity index (χ0n) is 28.3. The van der Waals surface area contributed by atoms with E-state index in [1.807, 2.05) is 17.8 Å². The second kappa shape index (κ2) is 12.7. The van der Waals surface area contributed by atoms with Gasteiger partial charge in [-0.2, -0.15) is 0 Å². The molecule has 0 amide bonds. The molecule has 52 heavy (non-hydrogen) atoms. The summed E-state index contributed by atoms with van der Waals surface area (Å²) in [6, 6.07) is 70.1. The Morgan fingerprint density at radius 1 is 0.346 bits per heavy atom. The highest BCUT2D eigenvalue weighted by Crippen LogP contribution is 2.49. The molecule has 1 aliphatic heterocycles. The highest BCUT2D eigenvalue weighted by molar-refractivity contribution is 7.99. The first-order chi connectivity index (χ1) is 25.8. The molecule has 0 N–H and O–H groups in total. The molecule has 0 bridgehead atoms. The number of hydrogen-bond donors (Lipinski definition) is 0. The Kier molecular flexibility index (Phi) is 7.44. The van der Waals surface area contributed by atoms with Gasteiger partial charge >= 0.3 is 0 Å². The fourth-order valence-electron chi connectivity index (χ4n) is 7.63. The van der Waals surface area contributed by atoms with E-state index in [-0.39, 0.29) is 0 Å². The van der Waals surface area contributed by atoms with Gasteiger partial charge < -0.3 is 0 Å². The first-order valence-corrected chi connectivity index (χ1v) is 18.4. The van der Waals surface area contributed by atoms with Gasteiger partial charge in [-0.1, -0.05) is 163 Å². The third-order valence-corrected chi connectivity index (χ3v) is 11.2. The third-order valence-electron chi connectivity index (χ3n) is 10.1. The van der Waals surface area contributed by atoms with Crippen LogP contribution in [-0.2, 0) is 0 Å². The molecule has 3 heteroatoms. The molecule has 0 saturated carbocycles. The molecule has 0 saturated heterocycles. The summed E-state index contributed by atoms with van der Waals surface area (Å²) in [7, 11) is 0. The molecule has 0 fully saturated rings. The van der Waals surface area contributed by atoms with Crippen molar-refractivity contribution < 1.29 is 0 Å². The van der Waals surface area contributed by atoms with Gasteiger partial charge in [0.05, 0.1) is 11.0 Å². The van der Waals surface area contributed by atoms with E-state index in [1.165, 1.54) is 65.4 Å². The zero-order chi connectivity index (χ0) is 34.4. The minimum absolute atomic E-state index is 0.939. The number of nitrogens with zero attached hydrogens (tertiary/aromatic N) is 2. The van der Waals surface area contributed by atoms with Crippen molar-refractivity contribution in [2.45, 2.75) is 9.79 Å². The summed E-state index contributed by atoms with van der Waals surface area (Å²) in [5, 5.41) is 0. The molecule has 9 aromatic rings. The molecular formula is C49H32N2S. The maximum atomic E-state index is 5.05. The Hall–Kier alpha value is -6.42. The van der Waals surface area contributed by atoms with Crippen LogP contribution in [0, 0.1) is 0 Å². The maximum absolute atomic E-state index is 5.05. The topological polar surface area (TPSA) is 17.8 Å². The Labute approximate surface area is 307 Å². The molecular weight excluding hydrogens is 649 g/mol. The number of hydrogen-bond acceptors (Lipinski definition) is 2. The summed E-state index contributed by atoms with van der Waals surface area (Å²) in [6.07, 6.45) is 0. The molecule has 0 unspecified atom stereocenters. The van der Waals surface area contributed by atoms with Gasteiger partial charge in [0, 0.05) is 21.0 Å². The zero-order valence-corrected chi connectivity index (χ0v) is 29.1. The highest BCUT2D eigenvalue weighted by Gasteiger charge is 2.21. The van der Waals surface area contributed by atoms with E-state index < -0.39 is 0 Å². The van der Waals surface area contributed by atoms with Crippen LogP contribution in [0.25, 0.3) is 83.7 Å². The summed E-state index contributed by atoms with van der Waals surface area (Å²) in [6.45, 7) is 0. The standard InChI is InChI=1S/C49H32N2S/c1-2-14-34(15-3-1)49-50-45-22-10-11-23-46(45)51(49)36-29-26-33(27-30-36)35-28-31-41-39-18-5-4-16-37(39)38-17-6-7-19-40(38)42-20-8-12-24-47(42)52-48-25-13-9-21-43(48)44(41)32-35/h1-32H. The van der Waals surface area contributed by atoms with Crippen molar-refractivity contribution in [2.24, 2.45) is 0 Å². The van der Waals surface area contributed by atoms with E-state index in [4.69, 9.17) is 4.98 Å². The number of para-hydroxylation sites is 2. The lowest BCUT2D eigenvalue weighted by Crippen LogP contribution is -1.97. The molecule has 1 aromatic heterocycles. The quantitative estimate of drug-likeness (QED) is 0.185. The summed E-state index contributed by atoms with van der Waals surface area (Å²) in [5.41, 5.74) is 16.5. The molecule has 244 valence electrons. The van der Waals surface area contributed by atoms with E-state index >= 15 is 0 Å². The predicted molar refractivity (Wildman–Crippen MR) is 218 cm³/mol. The lowest BCUT2D eigenvalue weighted by atomic mass is 9.85. The van der Waals surface area contributed by atoms with Crippen LogP contribution >= 0.6 is 11.8 Å². The number of aromatic nitrogens is 2. The van der Waals surface area contributed by atoms with Crippen LogP contribution in [0.4, 0.5) is 0 Å². The molecule has 2 heterocycles. The van der Waals surface area contributed by atoms with Crippen molar-refractivity contribution in [1.29, 1.82) is 0 Å². The second-order valence-electron chi connectivity index (χ2n) is 13.1. The van der Waals surface area contributed by atoms with Gasteiger partial charge in [0.15, 0.2) is 0 Å². The van der Waals surface area contributed by atoms with E-state index in [9.17, 15) is 0 Å². The monoisotopic (exact) mass is 680 g/mol. The smallest absolute Gasteiger partial charge is 0.145 e. The fourth-order valence-corrected chi connectivity index (χ4v) is 8.74. The highest BCUT2D eigenvalue weighted by atomic mass is 32.2. The molecule has 2 nitrogen and oxygen atoms in total. The Balaban J connectivity index is 1.15. The van der Waals surface area contributed by atoms with Gasteiger partial charge in [-0.3, -0.25) is 4.57 Å². The van der Waals surface area contributed by atoms with Crippen LogP contribution in [-0.4, -0.2) is 9.55 Å². The largest absolute Gasteiger partial charge is 0.292 e. The normalized spacial score (nSPS) is 11.8. The van der Waals surface area contributed by atoms with E-state index in [2.05, 4.69) is 193 Å². The van der Waals surface area contributed by atoms with Crippen LogP contribution in [0.1, 0.15) is 0 Å². The van der Waals surface area contributed by atoms with Crippen molar-refractivity contribution in [2.75, 3.05) is 0 Å². The Morgan fingerprint density at radius 3 is 1.48 bits per heavy atom. The van der Waals surface area contributed by atoms with Crippen LogP contribution < -0.4 is 0 Å². The van der Waals surface area contributed by atoms with E-state index in [0.29, 0.717) is 0 Å². The minimum Gasteiger partial charge on any atom is -0.292 e. The van der Waals surface area contributed by atoms with Gasteiger partial charge in [0.2, 0.25) is 0 Å². The van der Waals surface area contributed by atoms with Gasteiger partial charge in [-0.15, -0.1) is 0 Å². The molecule has 8 aromatic carbocycles. The molecule has 1 aliphatic rings. The average Bonchev–Trinajstić information content (AvgIpc) is 3.61. The van der Waals surface area contributed by atoms with Crippen molar-refractivity contribution in [3.8, 4) is 72.7 Å². The molecule has 10 rings (SSSR count). The number of benzene rings is 8. The predicted octanol–water partition coefficient (Wildman–Crippen LogP) is 13.5.